The van der Waals surface area contributed by atoms with Crippen LogP contribution < -0.4 is 0 Å². The number of sulfone groups is 1. The zero-order valence-electron chi connectivity index (χ0n) is 16.3. The first kappa shape index (κ1) is 20.9. The van der Waals surface area contributed by atoms with Crippen molar-refractivity contribution in [1.82, 2.24) is 14.7 Å². The Morgan fingerprint density at radius 3 is 2.68 bits per heavy atom. The minimum Gasteiger partial charge on any atom is -0.335 e. The van der Waals surface area contributed by atoms with Crippen molar-refractivity contribution < 1.29 is 13.2 Å². The van der Waals surface area contributed by atoms with E-state index < -0.39 is 9.84 Å². The van der Waals surface area contributed by atoms with Gasteiger partial charge in [-0.2, -0.15) is 5.10 Å². The topological polar surface area (TPSA) is 72.3 Å². The largest absolute Gasteiger partial charge is 0.335 e. The Balaban J connectivity index is 1.55. The van der Waals surface area contributed by atoms with E-state index in [1.54, 1.807) is 22.6 Å². The molecule has 3 rings (SSSR count). The van der Waals surface area contributed by atoms with Crippen LogP contribution in [0.4, 0.5) is 0 Å². The van der Waals surface area contributed by atoms with Gasteiger partial charge in [0, 0.05) is 30.2 Å². The number of benzene rings is 1. The summed E-state index contributed by atoms with van der Waals surface area (Å²) in [4.78, 5) is 14.7. The van der Waals surface area contributed by atoms with Crippen LogP contribution in [0.5, 0.6) is 0 Å². The third-order valence-corrected chi connectivity index (χ3v) is 7.89. The molecular formula is C20H27N3O3S2. The normalized spacial score (nSPS) is 19.4. The Hall–Kier alpha value is -1.80. The number of hydrogen-bond acceptors (Lipinski definition) is 5. The Morgan fingerprint density at radius 1 is 1.36 bits per heavy atom. The first-order chi connectivity index (χ1) is 13.4. The molecule has 0 aliphatic carbocycles. The molecule has 1 fully saturated rings. The molecule has 28 heavy (non-hydrogen) atoms. The van der Waals surface area contributed by atoms with Gasteiger partial charge < -0.3 is 4.90 Å². The van der Waals surface area contributed by atoms with Gasteiger partial charge in [0.25, 0.3) is 0 Å². The van der Waals surface area contributed by atoms with Crippen molar-refractivity contribution in [2.75, 3.05) is 17.3 Å². The summed E-state index contributed by atoms with van der Waals surface area (Å²) in [5.74, 6) is 1.43. The molecule has 0 saturated carbocycles. The van der Waals surface area contributed by atoms with Gasteiger partial charge in [0.05, 0.1) is 22.9 Å². The minimum atomic E-state index is -3.01. The van der Waals surface area contributed by atoms with Gasteiger partial charge in [0.2, 0.25) is 5.91 Å². The second kappa shape index (κ2) is 9.13. The minimum absolute atomic E-state index is 0.0367. The van der Waals surface area contributed by atoms with E-state index in [4.69, 9.17) is 0 Å². The summed E-state index contributed by atoms with van der Waals surface area (Å²) in [6.07, 6.45) is 5.02. The number of thioether (sulfide) groups is 1. The van der Waals surface area contributed by atoms with E-state index in [0.29, 0.717) is 12.2 Å². The van der Waals surface area contributed by atoms with Gasteiger partial charge in [-0.1, -0.05) is 19.1 Å². The van der Waals surface area contributed by atoms with Gasteiger partial charge in [0.1, 0.15) is 0 Å². The fraction of sp³-hybridized carbons (Fsp3) is 0.500. The van der Waals surface area contributed by atoms with E-state index in [9.17, 15) is 13.2 Å². The summed E-state index contributed by atoms with van der Waals surface area (Å²) in [5, 5.41) is 4.21. The van der Waals surface area contributed by atoms with Crippen LogP contribution >= 0.6 is 11.8 Å². The van der Waals surface area contributed by atoms with Crippen LogP contribution in [0, 0.1) is 0 Å². The van der Waals surface area contributed by atoms with Gasteiger partial charge in [-0.25, -0.2) is 13.1 Å². The second-order valence-corrected chi connectivity index (χ2v) is 10.4. The highest BCUT2D eigenvalue weighted by Gasteiger charge is 2.36. The van der Waals surface area contributed by atoms with E-state index >= 15 is 0 Å². The SMILES string of the molecule is CC[C@H](C)N(C(=O)CSCc1ccc(-n2cccn2)cc1)[C@H]1CCS(=O)(=O)C1. The van der Waals surface area contributed by atoms with Crippen molar-refractivity contribution in [2.24, 2.45) is 0 Å². The zero-order valence-corrected chi connectivity index (χ0v) is 18.0. The van der Waals surface area contributed by atoms with Crippen LogP contribution in [0.15, 0.2) is 42.7 Å². The van der Waals surface area contributed by atoms with E-state index in [1.807, 2.05) is 55.3 Å². The predicted molar refractivity (Wildman–Crippen MR) is 113 cm³/mol. The van der Waals surface area contributed by atoms with E-state index in [-0.39, 0.29) is 29.5 Å². The molecule has 1 aromatic heterocycles. The lowest BCUT2D eigenvalue weighted by molar-refractivity contribution is -0.132. The molecule has 1 amide bonds. The summed E-state index contributed by atoms with van der Waals surface area (Å²) in [5.41, 5.74) is 2.15. The monoisotopic (exact) mass is 421 g/mol. The van der Waals surface area contributed by atoms with Crippen molar-refractivity contribution in [3.8, 4) is 5.69 Å². The number of hydrogen-bond donors (Lipinski definition) is 0. The standard InChI is InChI=1S/C20H27N3O3S2/c1-3-16(2)23(19-9-12-28(25,26)15-19)20(24)14-27-13-17-5-7-18(8-6-17)22-11-4-10-21-22/h4-8,10-11,16,19H,3,9,12-15H2,1-2H3/t16-,19-/m0/s1. The first-order valence-electron chi connectivity index (χ1n) is 9.58. The number of aromatic nitrogens is 2. The fourth-order valence-corrected chi connectivity index (χ4v) is 6.06. The number of rotatable bonds is 8. The number of amides is 1. The molecule has 1 aromatic carbocycles. The highest BCUT2D eigenvalue weighted by Crippen LogP contribution is 2.23. The second-order valence-electron chi connectivity index (χ2n) is 7.23. The Labute approximate surface area is 171 Å². The van der Waals surface area contributed by atoms with Gasteiger partial charge in [-0.3, -0.25) is 4.79 Å². The van der Waals surface area contributed by atoms with Crippen LogP contribution in [-0.4, -0.2) is 58.3 Å². The third kappa shape index (κ3) is 5.17. The van der Waals surface area contributed by atoms with Crippen LogP contribution in [0.2, 0.25) is 0 Å². The van der Waals surface area contributed by atoms with E-state index in [1.165, 1.54) is 0 Å². The molecule has 2 aromatic rings. The van der Waals surface area contributed by atoms with Gasteiger partial charge in [-0.15, -0.1) is 11.8 Å². The number of carbonyl (C=O) groups excluding carboxylic acids is 1. The highest BCUT2D eigenvalue weighted by atomic mass is 32.2. The van der Waals surface area contributed by atoms with Crippen LogP contribution in [-0.2, 0) is 20.4 Å². The average Bonchev–Trinajstić information content (AvgIpc) is 3.32. The molecule has 0 spiro atoms. The van der Waals surface area contributed by atoms with Crippen LogP contribution in [0.1, 0.15) is 32.3 Å². The molecule has 2 heterocycles. The molecule has 1 aliphatic rings. The summed E-state index contributed by atoms with van der Waals surface area (Å²) in [7, 11) is -3.01. The molecule has 0 bridgehead atoms. The predicted octanol–water partition coefficient (Wildman–Crippen LogP) is 2.92. The van der Waals surface area contributed by atoms with Crippen molar-refractivity contribution in [3.63, 3.8) is 0 Å². The van der Waals surface area contributed by atoms with Gasteiger partial charge in [-0.05, 0) is 43.5 Å². The first-order valence-corrected chi connectivity index (χ1v) is 12.6. The lowest BCUT2D eigenvalue weighted by Crippen LogP contribution is -2.47. The maximum Gasteiger partial charge on any atom is 0.233 e. The summed E-state index contributed by atoms with van der Waals surface area (Å²) < 4.78 is 25.5. The zero-order chi connectivity index (χ0) is 20.1. The fourth-order valence-electron chi connectivity index (χ4n) is 3.50. The summed E-state index contributed by atoms with van der Waals surface area (Å²) in [6.45, 7) is 4.03. The van der Waals surface area contributed by atoms with Crippen molar-refractivity contribution in [3.05, 3.63) is 48.3 Å². The average molecular weight is 422 g/mol. The molecular weight excluding hydrogens is 394 g/mol. The summed E-state index contributed by atoms with van der Waals surface area (Å²) in [6, 6.07) is 9.88. The molecule has 8 heteroatoms. The maximum absolute atomic E-state index is 12.8. The van der Waals surface area contributed by atoms with Crippen LogP contribution in [0.3, 0.4) is 0 Å². The molecule has 2 atom stereocenters. The maximum atomic E-state index is 12.8. The molecule has 0 N–H and O–H groups in total. The van der Waals surface area contributed by atoms with Gasteiger partial charge in [0.15, 0.2) is 9.84 Å². The number of nitrogens with zero attached hydrogens (tertiary/aromatic N) is 3. The molecule has 1 saturated heterocycles. The lowest BCUT2D eigenvalue weighted by Gasteiger charge is -2.33. The van der Waals surface area contributed by atoms with E-state index in [0.717, 1.165) is 23.4 Å². The van der Waals surface area contributed by atoms with Crippen molar-refractivity contribution in [2.45, 2.75) is 44.5 Å². The van der Waals surface area contributed by atoms with Crippen LogP contribution in [0.25, 0.3) is 5.69 Å². The Morgan fingerprint density at radius 2 is 2.11 bits per heavy atom. The molecule has 1 aliphatic heterocycles. The number of carbonyl (C=O) groups is 1. The smallest absolute Gasteiger partial charge is 0.233 e. The van der Waals surface area contributed by atoms with Gasteiger partial charge >= 0.3 is 0 Å². The molecule has 6 nitrogen and oxygen atoms in total. The Kier molecular flexibility index (Phi) is 6.82. The molecule has 152 valence electrons. The highest BCUT2D eigenvalue weighted by molar-refractivity contribution is 7.99. The van der Waals surface area contributed by atoms with Crippen molar-refractivity contribution >= 4 is 27.5 Å². The third-order valence-electron chi connectivity index (χ3n) is 5.16. The molecule has 0 radical (unpaired) electrons. The molecule has 0 unspecified atom stereocenters. The Bertz CT molecular complexity index is 880. The van der Waals surface area contributed by atoms with Crippen molar-refractivity contribution in [1.29, 1.82) is 0 Å². The quantitative estimate of drug-likeness (QED) is 0.655. The van der Waals surface area contributed by atoms with E-state index in [2.05, 4.69) is 5.10 Å². The lowest BCUT2D eigenvalue weighted by atomic mass is 10.1. The summed E-state index contributed by atoms with van der Waals surface area (Å²) >= 11 is 1.57.